The van der Waals surface area contributed by atoms with Gasteiger partial charge >= 0.3 is 0 Å². The van der Waals surface area contributed by atoms with Gasteiger partial charge in [-0.05, 0) is 25.8 Å². The third-order valence-electron chi connectivity index (χ3n) is 4.56. The Balaban J connectivity index is 0.00000364. The summed E-state index contributed by atoms with van der Waals surface area (Å²) in [5, 5.41) is 3.35. The minimum Gasteiger partial charge on any atom is -0.374 e. The Morgan fingerprint density at radius 2 is 1.81 bits per heavy atom. The molecule has 1 aromatic carbocycles. The maximum absolute atomic E-state index is 11.5. The van der Waals surface area contributed by atoms with Gasteiger partial charge < -0.3 is 19.9 Å². The van der Waals surface area contributed by atoms with Crippen molar-refractivity contribution < 1.29 is 9.53 Å². The molecular weight excluding hydrogens is 455 g/mol. The second-order valence-electron chi connectivity index (χ2n) is 6.51. The summed E-state index contributed by atoms with van der Waals surface area (Å²) in [5.41, 5.74) is 1.20. The van der Waals surface area contributed by atoms with Crippen LogP contribution in [0.15, 0.2) is 35.3 Å². The van der Waals surface area contributed by atoms with E-state index in [1.165, 1.54) is 5.56 Å². The van der Waals surface area contributed by atoms with Crippen LogP contribution in [0.3, 0.4) is 0 Å². The van der Waals surface area contributed by atoms with Crippen molar-refractivity contribution in [3.05, 3.63) is 35.9 Å². The number of nitrogens with zero attached hydrogens (tertiary/aromatic N) is 3. The number of guanidine groups is 1. The zero-order valence-electron chi connectivity index (χ0n) is 16.7. The molecule has 7 heteroatoms. The Morgan fingerprint density at radius 1 is 1.19 bits per heavy atom. The standard InChI is InChI=1S/C20H32N4O2.HI/c1-4-21-20(24-14-12-23(13-15-24)18(3)25)22-11-8-16-26-17(2)19-9-6-5-7-10-19;/h5-7,9-10,17H,4,8,11-16H2,1-3H3,(H,21,22);1H. The predicted molar refractivity (Wildman–Crippen MR) is 121 cm³/mol. The Labute approximate surface area is 180 Å². The Bertz CT molecular complexity index is 575. The number of piperazine rings is 1. The second kappa shape index (κ2) is 12.9. The van der Waals surface area contributed by atoms with Gasteiger partial charge in [0.15, 0.2) is 5.96 Å². The number of halogens is 1. The first kappa shape index (κ1) is 23.7. The molecule has 1 amide bonds. The van der Waals surface area contributed by atoms with Crippen molar-refractivity contribution in [1.82, 2.24) is 15.1 Å². The molecule has 0 radical (unpaired) electrons. The highest BCUT2D eigenvalue weighted by Gasteiger charge is 2.20. The Morgan fingerprint density at radius 3 is 2.41 bits per heavy atom. The summed E-state index contributed by atoms with van der Waals surface area (Å²) in [6.45, 7) is 11.2. The first-order valence-electron chi connectivity index (χ1n) is 9.57. The van der Waals surface area contributed by atoms with Crippen LogP contribution in [0.1, 0.15) is 38.9 Å². The number of amides is 1. The Kier molecular flexibility index (Phi) is 11.3. The second-order valence-corrected chi connectivity index (χ2v) is 6.51. The smallest absolute Gasteiger partial charge is 0.219 e. The molecule has 6 nitrogen and oxygen atoms in total. The molecule has 1 aliphatic heterocycles. The van der Waals surface area contributed by atoms with Crippen LogP contribution in [0.2, 0.25) is 0 Å². The molecule has 0 spiro atoms. The number of ether oxygens (including phenoxy) is 1. The van der Waals surface area contributed by atoms with Crippen molar-refractivity contribution >= 4 is 35.8 Å². The van der Waals surface area contributed by atoms with Crippen LogP contribution in [0.25, 0.3) is 0 Å². The van der Waals surface area contributed by atoms with Gasteiger partial charge in [0.25, 0.3) is 0 Å². The molecule has 1 heterocycles. The normalized spacial score (nSPS) is 15.9. The maximum atomic E-state index is 11.5. The summed E-state index contributed by atoms with van der Waals surface area (Å²) >= 11 is 0. The molecule has 1 fully saturated rings. The average molecular weight is 488 g/mol. The van der Waals surface area contributed by atoms with Crippen molar-refractivity contribution in [1.29, 1.82) is 0 Å². The molecule has 0 aromatic heterocycles. The number of rotatable bonds is 7. The number of benzene rings is 1. The number of nitrogens with one attached hydrogen (secondary N) is 1. The molecule has 1 N–H and O–H groups in total. The van der Waals surface area contributed by atoms with Gasteiger partial charge in [-0.1, -0.05) is 30.3 Å². The molecule has 0 bridgehead atoms. The van der Waals surface area contributed by atoms with Gasteiger partial charge in [-0.15, -0.1) is 24.0 Å². The number of aliphatic imine (C=N–C) groups is 1. The topological polar surface area (TPSA) is 57.2 Å². The van der Waals surface area contributed by atoms with E-state index in [1.54, 1.807) is 6.92 Å². The molecule has 0 saturated carbocycles. The van der Waals surface area contributed by atoms with E-state index in [-0.39, 0.29) is 36.0 Å². The third kappa shape index (κ3) is 8.04. The van der Waals surface area contributed by atoms with Crippen molar-refractivity contribution in [2.45, 2.75) is 33.3 Å². The van der Waals surface area contributed by atoms with Crippen LogP contribution < -0.4 is 5.32 Å². The molecule has 0 aliphatic carbocycles. The summed E-state index contributed by atoms with van der Waals surface area (Å²) in [6, 6.07) is 10.3. The molecule has 1 aliphatic rings. The summed E-state index contributed by atoms with van der Waals surface area (Å²) in [7, 11) is 0. The van der Waals surface area contributed by atoms with Gasteiger partial charge in [-0.2, -0.15) is 0 Å². The van der Waals surface area contributed by atoms with Crippen LogP contribution in [-0.4, -0.2) is 67.5 Å². The van der Waals surface area contributed by atoms with Crippen molar-refractivity contribution in [2.24, 2.45) is 4.99 Å². The van der Waals surface area contributed by atoms with E-state index >= 15 is 0 Å². The minimum atomic E-state index is 0. The molecular formula is C20H33IN4O2. The summed E-state index contributed by atoms with van der Waals surface area (Å²) in [4.78, 5) is 20.3. The fraction of sp³-hybridized carbons (Fsp3) is 0.600. The van der Waals surface area contributed by atoms with E-state index in [0.717, 1.165) is 51.6 Å². The van der Waals surface area contributed by atoms with E-state index in [2.05, 4.69) is 36.2 Å². The average Bonchev–Trinajstić information content (AvgIpc) is 2.67. The number of carbonyl (C=O) groups excluding carboxylic acids is 1. The lowest BCUT2D eigenvalue weighted by molar-refractivity contribution is -0.130. The van der Waals surface area contributed by atoms with Crippen LogP contribution >= 0.6 is 24.0 Å². The first-order valence-corrected chi connectivity index (χ1v) is 9.57. The molecule has 2 rings (SSSR count). The van der Waals surface area contributed by atoms with Crippen LogP contribution in [0, 0.1) is 0 Å². The fourth-order valence-electron chi connectivity index (χ4n) is 2.99. The van der Waals surface area contributed by atoms with E-state index in [9.17, 15) is 4.79 Å². The van der Waals surface area contributed by atoms with Crippen molar-refractivity contribution in [3.63, 3.8) is 0 Å². The van der Waals surface area contributed by atoms with Crippen LogP contribution in [0.4, 0.5) is 0 Å². The van der Waals surface area contributed by atoms with Crippen molar-refractivity contribution in [3.8, 4) is 0 Å². The first-order chi connectivity index (χ1) is 12.6. The highest BCUT2D eigenvalue weighted by molar-refractivity contribution is 14.0. The van der Waals surface area contributed by atoms with Gasteiger partial charge in [-0.3, -0.25) is 9.79 Å². The summed E-state index contributed by atoms with van der Waals surface area (Å²) < 4.78 is 5.91. The van der Waals surface area contributed by atoms with Crippen LogP contribution in [-0.2, 0) is 9.53 Å². The van der Waals surface area contributed by atoms with Gasteiger partial charge in [0, 0.05) is 52.8 Å². The highest BCUT2D eigenvalue weighted by Crippen LogP contribution is 2.15. The van der Waals surface area contributed by atoms with E-state index in [4.69, 9.17) is 9.73 Å². The SMILES string of the molecule is CCNC(=NCCCOC(C)c1ccccc1)N1CCN(C(C)=O)CC1.I. The third-order valence-corrected chi connectivity index (χ3v) is 4.56. The molecule has 1 aromatic rings. The predicted octanol–water partition coefficient (Wildman–Crippen LogP) is 2.90. The van der Waals surface area contributed by atoms with Gasteiger partial charge in [0.1, 0.15) is 0 Å². The molecule has 1 atom stereocenters. The lowest BCUT2D eigenvalue weighted by atomic mass is 10.1. The molecule has 1 unspecified atom stereocenters. The number of hydrogen-bond donors (Lipinski definition) is 1. The monoisotopic (exact) mass is 488 g/mol. The van der Waals surface area contributed by atoms with E-state index in [0.29, 0.717) is 6.61 Å². The zero-order chi connectivity index (χ0) is 18.8. The fourth-order valence-corrected chi connectivity index (χ4v) is 2.99. The van der Waals surface area contributed by atoms with E-state index in [1.807, 2.05) is 23.1 Å². The molecule has 27 heavy (non-hydrogen) atoms. The summed E-state index contributed by atoms with van der Waals surface area (Å²) in [6.07, 6.45) is 0.993. The van der Waals surface area contributed by atoms with Gasteiger partial charge in [-0.25, -0.2) is 0 Å². The highest BCUT2D eigenvalue weighted by atomic mass is 127. The maximum Gasteiger partial charge on any atom is 0.219 e. The summed E-state index contributed by atoms with van der Waals surface area (Å²) in [5.74, 6) is 1.09. The van der Waals surface area contributed by atoms with Gasteiger partial charge in [0.2, 0.25) is 5.91 Å². The van der Waals surface area contributed by atoms with E-state index < -0.39 is 0 Å². The van der Waals surface area contributed by atoms with Crippen LogP contribution in [0.5, 0.6) is 0 Å². The van der Waals surface area contributed by atoms with Gasteiger partial charge in [0.05, 0.1) is 6.10 Å². The number of carbonyl (C=O) groups is 1. The minimum absolute atomic E-state index is 0. The lowest BCUT2D eigenvalue weighted by Gasteiger charge is -2.36. The van der Waals surface area contributed by atoms with Crippen molar-refractivity contribution in [2.75, 3.05) is 45.9 Å². The quantitative estimate of drug-likeness (QED) is 0.278. The largest absolute Gasteiger partial charge is 0.374 e. The Hall–Kier alpha value is -1.35. The molecule has 1 saturated heterocycles. The molecule has 152 valence electrons. The number of hydrogen-bond acceptors (Lipinski definition) is 3. The zero-order valence-corrected chi connectivity index (χ0v) is 19.0. The lowest BCUT2D eigenvalue weighted by Crippen LogP contribution is -2.53.